The minimum Gasteiger partial charge on any atom is -0.373 e. The lowest BCUT2D eigenvalue weighted by atomic mass is 9.89. The van der Waals surface area contributed by atoms with Crippen molar-refractivity contribution >= 4 is 41.3 Å². The molecule has 0 aliphatic carbocycles. The summed E-state index contributed by atoms with van der Waals surface area (Å²) in [6, 6.07) is 11.1. The number of aryl methyl sites for hydroxylation is 1. The Morgan fingerprint density at radius 2 is 2.06 bits per heavy atom. The highest BCUT2D eigenvalue weighted by Crippen LogP contribution is 2.33. The third kappa shape index (κ3) is 6.66. The molecule has 0 bridgehead atoms. The predicted molar refractivity (Wildman–Crippen MR) is 141 cm³/mol. The van der Waals surface area contributed by atoms with Crippen LogP contribution >= 0.6 is 35.3 Å². The summed E-state index contributed by atoms with van der Waals surface area (Å²) in [6.07, 6.45) is 3.65. The number of ether oxygens (including phenoxy) is 1. The number of benzene rings is 1. The van der Waals surface area contributed by atoms with Gasteiger partial charge in [0.1, 0.15) is 0 Å². The van der Waals surface area contributed by atoms with Crippen molar-refractivity contribution in [1.82, 2.24) is 15.5 Å². The Morgan fingerprint density at radius 1 is 1.23 bits per heavy atom. The molecule has 7 heteroatoms. The van der Waals surface area contributed by atoms with Crippen molar-refractivity contribution in [2.75, 3.05) is 39.8 Å². The van der Waals surface area contributed by atoms with E-state index in [1.54, 1.807) is 4.88 Å². The number of hydrogen-bond donors (Lipinski definition) is 2. The first-order valence-corrected chi connectivity index (χ1v) is 12.0. The van der Waals surface area contributed by atoms with Crippen LogP contribution in [0.5, 0.6) is 0 Å². The van der Waals surface area contributed by atoms with Gasteiger partial charge in [-0.1, -0.05) is 29.8 Å². The maximum atomic E-state index is 6.16. The number of nitrogens with zero attached hydrogens (tertiary/aromatic N) is 2. The molecule has 31 heavy (non-hydrogen) atoms. The number of thiophene rings is 1. The molecule has 1 fully saturated rings. The van der Waals surface area contributed by atoms with Gasteiger partial charge in [0, 0.05) is 57.2 Å². The molecule has 4 rings (SSSR count). The lowest BCUT2D eigenvalue weighted by Crippen LogP contribution is -2.44. The molecule has 0 saturated carbocycles. The van der Waals surface area contributed by atoms with E-state index >= 15 is 0 Å². The summed E-state index contributed by atoms with van der Waals surface area (Å²) in [5, 5.41) is 9.26. The molecule has 1 aromatic heterocycles. The molecule has 0 radical (unpaired) electrons. The van der Waals surface area contributed by atoms with Gasteiger partial charge >= 0.3 is 0 Å². The summed E-state index contributed by atoms with van der Waals surface area (Å²) in [7, 11) is 1.85. The first-order valence-electron chi connectivity index (χ1n) is 11.1. The maximum Gasteiger partial charge on any atom is 0.191 e. The first kappa shape index (κ1) is 24.5. The van der Waals surface area contributed by atoms with Crippen LogP contribution in [0, 0.1) is 12.8 Å². The van der Waals surface area contributed by atoms with E-state index < -0.39 is 0 Å². The molecular formula is C24H35IN4OS. The van der Waals surface area contributed by atoms with Gasteiger partial charge in [0.05, 0.1) is 6.10 Å². The minimum atomic E-state index is 0. The molecule has 0 amide bonds. The Morgan fingerprint density at radius 3 is 2.87 bits per heavy atom. The molecule has 2 aliphatic heterocycles. The van der Waals surface area contributed by atoms with Gasteiger partial charge in [-0.3, -0.25) is 9.89 Å². The average molecular weight is 555 g/mol. The lowest BCUT2D eigenvalue weighted by molar-refractivity contribution is -0.0265. The molecule has 1 saturated heterocycles. The van der Waals surface area contributed by atoms with Crippen molar-refractivity contribution in [1.29, 1.82) is 0 Å². The van der Waals surface area contributed by atoms with Crippen LogP contribution in [-0.4, -0.2) is 50.7 Å². The fourth-order valence-electron chi connectivity index (χ4n) is 4.46. The molecule has 3 heterocycles. The zero-order chi connectivity index (χ0) is 20.8. The van der Waals surface area contributed by atoms with Crippen LogP contribution in [0.15, 0.2) is 40.7 Å². The Balaban J connectivity index is 0.00000272. The lowest BCUT2D eigenvalue weighted by Gasteiger charge is -2.33. The average Bonchev–Trinajstić information content (AvgIpc) is 3.25. The number of aliphatic imine (C=N–C) groups is 1. The SMILES string of the molecule is CN=C(NCCN1CCc2sccc2C1)NCC1CCCOC1c1ccc(C)cc1.I. The van der Waals surface area contributed by atoms with Crippen LogP contribution < -0.4 is 10.6 Å². The highest BCUT2D eigenvalue weighted by molar-refractivity contribution is 14.0. The van der Waals surface area contributed by atoms with Crippen LogP contribution in [0.4, 0.5) is 0 Å². The van der Waals surface area contributed by atoms with Gasteiger partial charge in [-0.2, -0.15) is 0 Å². The molecule has 2 aliphatic rings. The van der Waals surface area contributed by atoms with Crippen molar-refractivity contribution in [3.63, 3.8) is 0 Å². The van der Waals surface area contributed by atoms with Gasteiger partial charge in [0.25, 0.3) is 0 Å². The topological polar surface area (TPSA) is 48.9 Å². The van der Waals surface area contributed by atoms with Gasteiger partial charge in [-0.05, 0) is 48.8 Å². The van der Waals surface area contributed by atoms with Gasteiger partial charge < -0.3 is 15.4 Å². The van der Waals surface area contributed by atoms with Crippen LogP contribution in [-0.2, 0) is 17.7 Å². The molecule has 5 nitrogen and oxygen atoms in total. The van der Waals surface area contributed by atoms with Crippen molar-refractivity contribution in [3.05, 3.63) is 57.3 Å². The third-order valence-electron chi connectivity index (χ3n) is 6.21. The Bertz CT molecular complexity index is 838. The third-order valence-corrected chi connectivity index (χ3v) is 7.24. The van der Waals surface area contributed by atoms with E-state index in [9.17, 15) is 0 Å². The molecular weight excluding hydrogens is 519 g/mol. The van der Waals surface area contributed by atoms with Crippen LogP contribution in [0.1, 0.15) is 40.5 Å². The maximum absolute atomic E-state index is 6.16. The van der Waals surface area contributed by atoms with Crippen molar-refractivity contribution in [2.24, 2.45) is 10.9 Å². The Kier molecular flexibility index (Phi) is 9.62. The standard InChI is InChI=1S/C24H34N4OS.HI/c1-18-5-7-19(8-6-18)23-20(4-3-14-29-23)16-27-24(25-2)26-11-13-28-12-9-22-21(17-28)10-15-30-22;/h5-8,10,15,20,23H,3-4,9,11-14,16-17H2,1-2H3,(H2,25,26,27);1H. The number of guanidine groups is 1. The van der Waals surface area contributed by atoms with E-state index in [0.29, 0.717) is 5.92 Å². The molecule has 0 spiro atoms. The van der Waals surface area contributed by atoms with Crippen LogP contribution in [0.2, 0.25) is 0 Å². The molecule has 170 valence electrons. The molecule has 2 atom stereocenters. The summed E-state index contributed by atoms with van der Waals surface area (Å²) in [5.74, 6) is 1.34. The summed E-state index contributed by atoms with van der Waals surface area (Å²) in [5.41, 5.74) is 4.08. The Labute approximate surface area is 207 Å². The molecule has 2 aromatic rings. The largest absolute Gasteiger partial charge is 0.373 e. The quantitative estimate of drug-likeness (QED) is 0.317. The zero-order valence-electron chi connectivity index (χ0n) is 18.6. The molecule has 1 aromatic carbocycles. The van der Waals surface area contributed by atoms with Crippen LogP contribution in [0.25, 0.3) is 0 Å². The number of nitrogens with one attached hydrogen (secondary N) is 2. The van der Waals surface area contributed by atoms with E-state index in [4.69, 9.17) is 4.74 Å². The smallest absolute Gasteiger partial charge is 0.191 e. The normalized spacial score (nSPS) is 21.8. The highest BCUT2D eigenvalue weighted by Gasteiger charge is 2.27. The first-order chi connectivity index (χ1) is 14.7. The second kappa shape index (κ2) is 12.2. The van der Waals surface area contributed by atoms with E-state index in [1.807, 2.05) is 18.4 Å². The van der Waals surface area contributed by atoms with Gasteiger partial charge in [-0.15, -0.1) is 35.3 Å². The predicted octanol–water partition coefficient (Wildman–Crippen LogP) is 4.37. The fraction of sp³-hybridized carbons (Fsp3) is 0.542. The Hall–Kier alpha value is -1.16. The zero-order valence-corrected chi connectivity index (χ0v) is 21.7. The second-order valence-electron chi connectivity index (χ2n) is 8.38. The van der Waals surface area contributed by atoms with Gasteiger partial charge in [0.15, 0.2) is 5.96 Å². The summed E-state index contributed by atoms with van der Waals surface area (Å²) in [6.45, 7) is 8.02. The molecule has 2 unspecified atom stereocenters. The van der Waals surface area contributed by atoms with E-state index in [1.165, 1.54) is 29.5 Å². The molecule has 2 N–H and O–H groups in total. The monoisotopic (exact) mass is 554 g/mol. The van der Waals surface area contributed by atoms with E-state index in [2.05, 4.69) is 63.2 Å². The van der Waals surface area contributed by atoms with E-state index in [-0.39, 0.29) is 30.1 Å². The summed E-state index contributed by atoms with van der Waals surface area (Å²) in [4.78, 5) is 8.52. The minimum absolute atomic E-state index is 0. The summed E-state index contributed by atoms with van der Waals surface area (Å²) >= 11 is 1.90. The number of rotatable bonds is 6. The highest BCUT2D eigenvalue weighted by atomic mass is 127. The van der Waals surface area contributed by atoms with Crippen molar-refractivity contribution < 1.29 is 4.74 Å². The van der Waals surface area contributed by atoms with Crippen molar-refractivity contribution in [2.45, 2.75) is 38.8 Å². The summed E-state index contributed by atoms with van der Waals surface area (Å²) < 4.78 is 6.16. The van der Waals surface area contributed by atoms with Crippen molar-refractivity contribution in [3.8, 4) is 0 Å². The fourth-order valence-corrected chi connectivity index (χ4v) is 5.35. The van der Waals surface area contributed by atoms with Gasteiger partial charge in [0.2, 0.25) is 0 Å². The van der Waals surface area contributed by atoms with Crippen LogP contribution in [0.3, 0.4) is 0 Å². The second-order valence-corrected chi connectivity index (χ2v) is 9.38. The number of hydrogen-bond acceptors (Lipinski definition) is 4. The van der Waals surface area contributed by atoms with Gasteiger partial charge in [-0.25, -0.2) is 0 Å². The van der Waals surface area contributed by atoms with E-state index in [0.717, 1.165) is 51.7 Å². The number of fused-ring (bicyclic) bond motifs is 1. The number of halogens is 1.